The van der Waals surface area contributed by atoms with E-state index in [1.807, 2.05) is 13.0 Å². The van der Waals surface area contributed by atoms with E-state index in [1.54, 1.807) is 25.4 Å². The maximum atomic E-state index is 12.7. The van der Waals surface area contributed by atoms with Crippen LogP contribution in [0.15, 0.2) is 56.3 Å². The number of nitrogens with zero attached hydrogens (tertiary/aromatic N) is 6. The lowest BCUT2D eigenvalue weighted by atomic mass is 10.1. The van der Waals surface area contributed by atoms with E-state index in [4.69, 9.17) is 5.26 Å². The molecule has 0 amide bonds. The number of hydrogen-bond acceptors (Lipinski definition) is 10. The van der Waals surface area contributed by atoms with Crippen LogP contribution in [-0.2, 0) is 7.05 Å². The summed E-state index contributed by atoms with van der Waals surface area (Å²) in [4.78, 5) is 24.7. The molecule has 2 N–H and O–H groups in total. The van der Waals surface area contributed by atoms with Crippen LogP contribution < -0.4 is 32.4 Å². The zero-order chi connectivity index (χ0) is 21.3. The third-order valence-corrected chi connectivity index (χ3v) is 5.18. The van der Waals surface area contributed by atoms with Crippen molar-refractivity contribution in [3.05, 3.63) is 78.8 Å². The Morgan fingerprint density at radius 3 is 2.73 bits per heavy atom. The lowest BCUT2D eigenvalue weighted by Gasteiger charge is -2.00. The molecule has 148 valence electrons. The lowest BCUT2D eigenvalue weighted by Crippen LogP contribution is -2.48. The molecule has 0 radical (unpaired) electrons. The SMILES string of the molecule is Cc1cc2c(NN=c3ccc(=O)c(=NNc4ccnn4C)c3=O)snc2cc1C#N. The van der Waals surface area contributed by atoms with Gasteiger partial charge in [0.25, 0.3) is 0 Å². The zero-order valence-corrected chi connectivity index (χ0v) is 16.7. The predicted molar refractivity (Wildman–Crippen MR) is 112 cm³/mol. The van der Waals surface area contributed by atoms with Gasteiger partial charge in [0.1, 0.15) is 16.2 Å². The van der Waals surface area contributed by atoms with E-state index in [9.17, 15) is 9.59 Å². The Balaban J connectivity index is 1.72. The number of hydrogen-bond donors (Lipinski definition) is 2. The molecule has 0 aliphatic heterocycles. The van der Waals surface area contributed by atoms with Crippen molar-refractivity contribution in [3.8, 4) is 6.07 Å². The summed E-state index contributed by atoms with van der Waals surface area (Å²) in [7, 11) is 1.70. The molecule has 0 unspecified atom stereocenters. The number of anilines is 2. The van der Waals surface area contributed by atoms with Crippen molar-refractivity contribution in [1.82, 2.24) is 14.2 Å². The van der Waals surface area contributed by atoms with E-state index < -0.39 is 10.9 Å². The fourth-order valence-corrected chi connectivity index (χ4v) is 3.43. The summed E-state index contributed by atoms with van der Waals surface area (Å²) in [6.07, 6.45) is 1.56. The normalized spacial score (nSPS) is 12.3. The summed E-state index contributed by atoms with van der Waals surface area (Å²) < 4.78 is 5.82. The van der Waals surface area contributed by atoms with Gasteiger partial charge in [-0.2, -0.15) is 24.9 Å². The van der Waals surface area contributed by atoms with Crippen molar-refractivity contribution in [3.63, 3.8) is 0 Å². The van der Waals surface area contributed by atoms with Gasteiger partial charge in [0, 0.05) is 18.5 Å². The molecule has 4 aromatic rings. The van der Waals surface area contributed by atoms with Crippen LogP contribution in [0.2, 0.25) is 0 Å². The van der Waals surface area contributed by atoms with Gasteiger partial charge in [-0.1, -0.05) is 0 Å². The molecule has 0 saturated carbocycles. The molecule has 0 atom stereocenters. The predicted octanol–water partition coefficient (Wildman–Crippen LogP) is 0.661. The van der Waals surface area contributed by atoms with E-state index in [0.717, 1.165) is 22.5 Å². The van der Waals surface area contributed by atoms with Gasteiger partial charge in [-0.25, -0.2) is 0 Å². The van der Waals surface area contributed by atoms with E-state index in [2.05, 4.69) is 36.6 Å². The van der Waals surface area contributed by atoms with Crippen molar-refractivity contribution >= 4 is 33.3 Å². The first kappa shape index (κ1) is 19.2. The Morgan fingerprint density at radius 2 is 2.00 bits per heavy atom. The van der Waals surface area contributed by atoms with Crippen molar-refractivity contribution < 1.29 is 0 Å². The quantitative estimate of drug-likeness (QED) is 0.464. The van der Waals surface area contributed by atoms with Crippen LogP contribution in [0, 0.1) is 18.3 Å². The lowest BCUT2D eigenvalue weighted by molar-refractivity contribution is 0.770. The number of aryl methyl sites for hydroxylation is 2. The molecule has 0 aliphatic carbocycles. The third kappa shape index (κ3) is 3.47. The monoisotopic (exact) mass is 418 g/mol. The maximum absolute atomic E-state index is 12.7. The summed E-state index contributed by atoms with van der Waals surface area (Å²) in [6, 6.07) is 9.90. The Morgan fingerprint density at radius 1 is 1.17 bits per heavy atom. The molecule has 2 aromatic heterocycles. The average Bonchev–Trinajstić information content (AvgIpc) is 3.32. The summed E-state index contributed by atoms with van der Waals surface area (Å²) in [5, 5.41) is 22.4. The van der Waals surface area contributed by atoms with Gasteiger partial charge >= 0.3 is 0 Å². The third-order valence-electron chi connectivity index (χ3n) is 4.40. The minimum Gasteiger partial charge on any atom is -0.287 e. The summed E-state index contributed by atoms with van der Waals surface area (Å²) in [6.45, 7) is 1.84. The molecule has 0 aliphatic rings. The highest BCUT2D eigenvalue weighted by Gasteiger charge is 2.09. The van der Waals surface area contributed by atoms with Gasteiger partial charge in [0.05, 0.1) is 23.3 Å². The molecule has 0 fully saturated rings. The fraction of sp³-hybridized carbons (Fsp3) is 0.105. The van der Waals surface area contributed by atoms with Crippen LogP contribution in [0.4, 0.5) is 10.8 Å². The van der Waals surface area contributed by atoms with E-state index in [0.29, 0.717) is 21.9 Å². The molecule has 0 bridgehead atoms. The second kappa shape index (κ2) is 7.69. The van der Waals surface area contributed by atoms with E-state index >= 15 is 0 Å². The second-order valence-corrected chi connectivity index (χ2v) is 7.13. The number of rotatable bonds is 4. The molecule has 0 spiro atoms. The molecule has 30 heavy (non-hydrogen) atoms. The first-order valence-electron chi connectivity index (χ1n) is 8.70. The van der Waals surface area contributed by atoms with Gasteiger partial charge in [-0.15, -0.1) is 0 Å². The van der Waals surface area contributed by atoms with Crippen LogP contribution >= 0.6 is 11.5 Å². The summed E-state index contributed by atoms with van der Waals surface area (Å²) in [5.74, 6) is 0.525. The highest BCUT2D eigenvalue weighted by atomic mass is 32.1. The number of nitriles is 1. The highest BCUT2D eigenvalue weighted by Crippen LogP contribution is 2.29. The topological polar surface area (TPSA) is 137 Å². The summed E-state index contributed by atoms with van der Waals surface area (Å²) >= 11 is 1.16. The Kier molecular flexibility index (Phi) is 4.91. The number of nitrogens with one attached hydrogen (secondary N) is 2. The summed E-state index contributed by atoms with van der Waals surface area (Å²) in [5.41, 5.74) is 6.39. The molecule has 2 heterocycles. The Labute approximate surface area is 172 Å². The molecule has 10 nitrogen and oxygen atoms in total. The Hall–Kier alpha value is -4.17. The number of benzene rings is 2. The van der Waals surface area contributed by atoms with Gasteiger partial charge in [0.15, 0.2) is 5.36 Å². The minimum absolute atomic E-state index is 0.0343. The molecule has 4 rings (SSSR count). The first-order chi connectivity index (χ1) is 14.5. The van der Waals surface area contributed by atoms with Gasteiger partial charge in [0.2, 0.25) is 10.9 Å². The van der Waals surface area contributed by atoms with Crippen LogP contribution in [-0.4, -0.2) is 14.2 Å². The van der Waals surface area contributed by atoms with E-state index in [-0.39, 0.29) is 10.7 Å². The average molecular weight is 418 g/mol. The molecular formula is C19H14N8O2S. The highest BCUT2D eigenvalue weighted by molar-refractivity contribution is 7.11. The Bertz CT molecular complexity index is 1530. The molecular weight excluding hydrogens is 404 g/mol. The molecule has 11 heteroatoms. The van der Waals surface area contributed by atoms with E-state index in [1.165, 1.54) is 16.8 Å². The molecule has 2 aromatic carbocycles. The molecule has 0 saturated heterocycles. The van der Waals surface area contributed by atoms with Gasteiger partial charge in [-0.3, -0.25) is 25.1 Å². The van der Waals surface area contributed by atoms with Crippen LogP contribution in [0.1, 0.15) is 11.1 Å². The van der Waals surface area contributed by atoms with Crippen LogP contribution in [0.25, 0.3) is 10.9 Å². The smallest absolute Gasteiger partial charge is 0.237 e. The van der Waals surface area contributed by atoms with Crippen LogP contribution in [0.5, 0.6) is 0 Å². The van der Waals surface area contributed by atoms with Gasteiger partial charge in [-0.05, 0) is 48.3 Å². The standard InChI is InChI=1S/C19H14N8O2S/c1-10-7-12-14(8-11(10)9-20)26-30-19(12)25-22-13-3-4-15(28)17(18(13)29)24-23-16-5-6-21-27(16)2/h3-8,23,25H,1-2H3. The van der Waals surface area contributed by atoms with Crippen molar-refractivity contribution in [2.75, 3.05) is 10.9 Å². The van der Waals surface area contributed by atoms with Gasteiger partial charge < -0.3 is 0 Å². The number of fused-ring (bicyclic) bond motifs is 1. The zero-order valence-electron chi connectivity index (χ0n) is 15.9. The number of aromatic nitrogens is 3. The van der Waals surface area contributed by atoms with Crippen molar-refractivity contribution in [1.29, 1.82) is 5.26 Å². The minimum atomic E-state index is -0.610. The fourth-order valence-electron chi connectivity index (χ4n) is 2.74. The van der Waals surface area contributed by atoms with Crippen molar-refractivity contribution in [2.45, 2.75) is 6.92 Å². The maximum Gasteiger partial charge on any atom is 0.237 e. The van der Waals surface area contributed by atoms with Crippen LogP contribution in [0.3, 0.4) is 0 Å². The first-order valence-corrected chi connectivity index (χ1v) is 9.48. The van der Waals surface area contributed by atoms with Crippen molar-refractivity contribution in [2.24, 2.45) is 17.3 Å². The largest absolute Gasteiger partial charge is 0.287 e. The second-order valence-electron chi connectivity index (χ2n) is 6.36.